The van der Waals surface area contributed by atoms with Gasteiger partial charge >= 0.3 is 6.18 Å². The molecule has 0 saturated carbocycles. The highest BCUT2D eigenvalue weighted by Crippen LogP contribution is 2.23. The van der Waals surface area contributed by atoms with Gasteiger partial charge < -0.3 is 4.74 Å². The number of halogens is 4. The number of rotatable bonds is 4. The van der Waals surface area contributed by atoms with Crippen LogP contribution in [-0.4, -0.2) is 12.0 Å². The summed E-state index contributed by atoms with van der Waals surface area (Å²) in [6.45, 7) is 0.146. The number of hydrogen-bond donors (Lipinski definition) is 0. The molecule has 0 radical (unpaired) electrons. The van der Waals surface area contributed by atoms with Crippen LogP contribution in [0.1, 0.15) is 15.9 Å². The Kier molecular flexibility index (Phi) is 4.26. The topological polar surface area (TPSA) is 26.3 Å². The van der Waals surface area contributed by atoms with Gasteiger partial charge in [-0.3, -0.25) is 4.79 Å². The van der Waals surface area contributed by atoms with Gasteiger partial charge in [-0.15, -0.1) is 0 Å². The number of carbonyl (C=O) groups is 1. The van der Waals surface area contributed by atoms with Crippen molar-refractivity contribution in [3.63, 3.8) is 0 Å². The van der Waals surface area contributed by atoms with Gasteiger partial charge in [-0.2, -0.15) is 13.2 Å². The van der Waals surface area contributed by atoms with Crippen molar-refractivity contribution in [3.05, 3.63) is 65.5 Å². The molecule has 0 spiro atoms. The number of benzene rings is 2. The molecule has 0 fully saturated rings. The molecule has 0 atom stereocenters. The number of hydrogen-bond acceptors (Lipinski definition) is 2. The molecule has 0 aliphatic carbocycles. The van der Waals surface area contributed by atoms with Gasteiger partial charge in [0, 0.05) is 5.56 Å². The fraction of sp³-hybridized carbons (Fsp3) is 0.133. The highest BCUT2D eigenvalue weighted by atomic mass is 19.4. The zero-order valence-electron chi connectivity index (χ0n) is 10.7. The maximum absolute atomic E-state index is 12.7. The Morgan fingerprint density at radius 3 is 2.05 bits per heavy atom. The molecule has 2 aromatic carbocycles. The smallest absolute Gasteiger partial charge is 0.454 e. The molecule has 0 N–H and O–H groups in total. The van der Waals surface area contributed by atoms with E-state index in [9.17, 15) is 22.4 Å². The average molecular weight is 298 g/mol. The van der Waals surface area contributed by atoms with Crippen LogP contribution in [0, 0.1) is 5.82 Å². The lowest BCUT2D eigenvalue weighted by Gasteiger charge is -2.08. The number of ketones is 1. The van der Waals surface area contributed by atoms with Crippen molar-refractivity contribution < 1.29 is 27.1 Å². The summed E-state index contributed by atoms with van der Waals surface area (Å²) in [5.74, 6) is -1.94. The average Bonchev–Trinajstić information content (AvgIpc) is 2.45. The van der Waals surface area contributed by atoms with Gasteiger partial charge in [0.05, 0.1) is 0 Å². The second-order valence-electron chi connectivity index (χ2n) is 4.27. The summed E-state index contributed by atoms with van der Waals surface area (Å²) in [6, 6.07) is 10.3. The Balaban J connectivity index is 2.00. The third-order valence-electron chi connectivity index (χ3n) is 2.69. The summed E-state index contributed by atoms with van der Waals surface area (Å²) in [5.41, 5.74) is 0.267. The highest BCUT2D eigenvalue weighted by molar-refractivity contribution is 6.00. The van der Waals surface area contributed by atoms with Crippen molar-refractivity contribution >= 4 is 5.78 Å². The molecule has 0 aliphatic heterocycles. The van der Waals surface area contributed by atoms with Crippen LogP contribution in [0.5, 0.6) is 5.75 Å². The van der Waals surface area contributed by atoms with E-state index in [1.807, 2.05) is 0 Å². The molecule has 2 rings (SSSR count). The number of alkyl halides is 3. The van der Waals surface area contributed by atoms with Crippen LogP contribution in [0.4, 0.5) is 17.6 Å². The second-order valence-corrected chi connectivity index (χ2v) is 4.27. The summed E-state index contributed by atoms with van der Waals surface area (Å²) < 4.78 is 54.7. The van der Waals surface area contributed by atoms with E-state index < -0.39 is 17.5 Å². The first-order valence-electron chi connectivity index (χ1n) is 5.95. The largest absolute Gasteiger partial charge is 0.489 e. The standard InChI is InChI=1S/C15H10F4O2/c16-12-5-1-10(2-6-12)9-21-13-7-3-11(4-8-13)14(20)15(17,18)19/h1-8H,9H2. The Hall–Kier alpha value is -2.37. The molecule has 0 heterocycles. The number of ether oxygens (including phenoxy) is 1. The van der Waals surface area contributed by atoms with Crippen molar-refractivity contribution in [3.8, 4) is 5.75 Å². The third kappa shape index (κ3) is 4.05. The van der Waals surface area contributed by atoms with E-state index in [0.717, 1.165) is 12.1 Å². The first-order chi connectivity index (χ1) is 9.86. The van der Waals surface area contributed by atoms with Gasteiger partial charge in [0.25, 0.3) is 5.78 Å². The molecule has 0 amide bonds. The van der Waals surface area contributed by atoms with Crippen LogP contribution in [0.25, 0.3) is 0 Å². The molecule has 2 aromatic rings. The molecule has 0 bridgehead atoms. The lowest BCUT2D eigenvalue weighted by Crippen LogP contribution is -2.22. The summed E-state index contributed by atoms with van der Waals surface area (Å²) in [7, 11) is 0. The van der Waals surface area contributed by atoms with E-state index in [1.165, 1.54) is 36.4 Å². The summed E-state index contributed by atoms with van der Waals surface area (Å²) in [5, 5.41) is 0. The minimum atomic E-state index is -4.89. The Morgan fingerprint density at radius 1 is 0.952 bits per heavy atom. The lowest BCUT2D eigenvalue weighted by molar-refractivity contribution is -0.0885. The monoisotopic (exact) mass is 298 g/mol. The van der Waals surface area contributed by atoms with Gasteiger partial charge in [-0.25, -0.2) is 4.39 Å². The molecule has 0 saturated heterocycles. The quantitative estimate of drug-likeness (QED) is 0.626. The van der Waals surface area contributed by atoms with Crippen molar-refractivity contribution in [2.24, 2.45) is 0 Å². The van der Waals surface area contributed by atoms with Crippen LogP contribution in [0.2, 0.25) is 0 Å². The van der Waals surface area contributed by atoms with Gasteiger partial charge in [-0.1, -0.05) is 12.1 Å². The SMILES string of the molecule is O=C(c1ccc(OCc2ccc(F)cc2)cc1)C(F)(F)F. The van der Waals surface area contributed by atoms with E-state index in [-0.39, 0.29) is 12.4 Å². The van der Waals surface area contributed by atoms with Gasteiger partial charge in [-0.05, 0) is 42.0 Å². The minimum absolute atomic E-state index is 0.146. The second kappa shape index (κ2) is 5.95. The van der Waals surface area contributed by atoms with Gasteiger partial charge in [0.2, 0.25) is 0 Å². The van der Waals surface area contributed by atoms with Crippen LogP contribution in [-0.2, 0) is 6.61 Å². The first-order valence-corrected chi connectivity index (χ1v) is 5.95. The lowest BCUT2D eigenvalue weighted by atomic mass is 10.1. The summed E-state index contributed by atoms with van der Waals surface area (Å²) >= 11 is 0. The maximum atomic E-state index is 12.7. The predicted molar refractivity (Wildman–Crippen MR) is 67.6 cm³/mol. The van der Waals surface area contributed by atoms with Crippen molar-refractivity contribution in [2.45, 2.75) is 12.8 Å². The Bertz CT molecular complexity index is 616. The number of Topliss-reactive ketones (excluding diaryl/α,β-unsaturated/α-hetero) is 1. The van der Waals surface area contributed by atoms with Crippen molar-refractivity contribution in [1.82, 2.24) is 0 Å². The van der Waals surface area contributed by atoms with E-state index in [4.69, 9.17) is 4.74 Å². The number of carbonyl (C=O) groups excluding carboxylic acids is 1. The highest BCUT2D eigenvalue weighted by Gasteiger charge is 2.39. The molecule has 0 aliphatic rings. The Labute approximate surface area is 118 Å². The molecule has 2 nitrogen and oxygen atoms in total. The molecular formula is C15H10F4O2. The van der Waals surface area contributed by atoms with Gasteiger partial charge in [0.1, 0.15) is 18.2 Å². The summed E-state index contributed by atoms with van der Waals surface area (Å²) in [6.07, 6.45) is -4.89. The van der Waals surface area contributed by atoms with Crippen molar-refractivity contribution in [2.75, 3.05) is 0 Å². The normalized spacial score (nSPS) is 11.2. The van der Waals surface area contributed by atoms with Crippen LogP contribution >= 0.6 is 0 Å². The molecule has 110 valence electrons. The fourth-order valence-electron chi connectivity index (χ4n) is 1.61. The van der Waals surface area contributed by atoms with E-state index in [0.29, 0.717) is 11.3 Å². The van der Waals surface area contributed by atoms with E-state index >= 15 is 0 Å². The molecule has 0 aromatic heterocycles. The van der Waals surface area contributed by atoms with Crippen molar-refractivity contribution in [1.29, 1.82) is 0 Å². The van der Waals surface area contributed by atoms with E-state index in [2.05, 4.69) is 0 Å². The first kappa shape index (κ1) is 15.0. The Morgan fingerprint density at radius 2 is 1.52 bits per heavy atom. The van der Waals surface area contributed by atoms with Gasteiger partial charge in [0.15, 0.2) is 0 Å². The minimum Gasteiger partial charge on any atom is -0.489 e. The molecule has 0 unspecified atom stereocenters. The van der Waals surface area contributed by atoms with Crippen LogP contribution < -0.4 is 4.74 Å². The molecule has 6 heteroatoms. The third-order valence-corrected chi connectivity index (χ3v) is 2.69. The predicted octanol–water partition coefficient (Wildman–Crippen LogP) is 4.15. The summed E-state index contributed by atoms with van der Waals surface area (Å²) in [4.78, 5) is 11.0. The zero-order chi connectivity index (χ0) is 15.5. The van der Waals surface area contributed by atoms with Crippen LogP contribution in [0.3, 0.4) is 0 Å². The molecule has 21 heavy (non-hydrogen) atoms. The maximum Gasteiger partial charge on any atom is 0.454 e. The van der Waals surface area contributed by atoms with E-state index in [1.54, 1.807) is 0 Å². The zero-order valence-corrected chi connectivity index (χ0v) is 10.7. The fourth-order valence-corrected chi connectivity index (χ4v) is 1.61. The molecular weight excluding hydrogens is 288 g/mol. The van der Waals surface area contributed by atoms with Crippen LogP contribution in [0.15, 0.2) is 48.5 Å².